The highest BCUT2D eigenvalue weighted by molar-refractivity contribution is 5.33. The molecule has 1 heterocycles. The minimum atomic E-state index is -2.98. The molecule has 0 fully saturated rings. The van der Waals surface area contributed by atoms with Gasteiger partial charge in [-0.05, 0) is 12.1 Å². The van der Waals surface area contributed by atoms with E-state index < -0.39 is 24.8 Å². The summed E-state index contributed by atoms with van der Waals surface area (Å²) in [5, 5.41) is 2.36. The van der Waals surface area contributed by atoms with Crippen LogP contribution in [0.1, 0.15) is 0 Å². The molecule has 0 aromatic carbocycles. The van der Waals surface area contributed by atoms with Crippen molar-refractivity contribution < 1.29 is 13.2 Å². The van der Waals surface area contributed by atoms with E-state index in [4.69, 9.17) is 5.73 Å². The van der Waals surface area contributed by atoms with Crippen molar-refractivity contribution >= 4 is 5.82 Å². The SMILES string of the molecule is NCC(F)(F)CNc1ccc(F)cn1. The smallest absolute Gasteiger partial charge is 0.276 e. The van der Waals surface area contributed by atoms with Gasteiger partial charge < -0.3 is 11.1 Å². The fourth-order valence-electron chi connectivity index (χ4n) is 0.772. The summed E-state index contributed by atoms with van der Waals surface area (Å²) < 4.78 is 37.6. The van der Waals surface area contributed by atoms with E-state index in [2.05, 4.69) is 10.3 Å². The Balaban J connectivity index is 2.50. The Morgan fingerprint density at radius 2 is 2.14 bits per heavy atom. The number of rotatable bonds is 4. The molecular weight excluding hydrogens is 195 g/mol. The number of halogens is 3. The van der Waals surface area contributed by atoms with E-state index in [0.717, 1.165) is 12.3 Å². The maximum atomic E-state index is 12.6. The van der Waals surface area contributed by atoms with Crippen LogP contribution in [-0.4, -0.2) is 24.0 Å². The van der Waals surface area contributed by atoms with Crippen LogP contribution in [0.25, 0.3) is 0 Å². The first-order valence-electron chi connectivity index (χ1n) is 3.97. The zero-order valence-electron chi connectivity index (χ0n) is 7.30. The molecule has 1 aromatic rings. The molecule has 0 aliphatic rings. The van der Waals surface area contributed by atoms with Crippen molar-refractivity contribution in [3.05, 3.63) is 24.1 Å². The molecule has 0 aliphatic heterocycles. The van der Waals surface area contributed by atoms with Gasteiger partial charge in [-0.15, -0.1) is 0 Å². The van der Waals surface area contributed by atoms with Gasteiger partial charge in [-0.1, -0.05) is 0 Å². The number of hydrogen-bond acceptors (Lipinski definition) is 3. The first-order valence-corrected chi connectivity index (χ1v) is 3.97. The third-order valence-corrected chi connectivity index (χ3v) is 1.55. The van der Waals surface area contributed by atoms with Crippen molar-refractivity contribution in [3.8, 4) is 0 Å². The lowest BCUT2D eigenvalue weighted by Crippen LogP contribution is -2.35. The highest BCUT2D eigenvalue weighted by atomic mass is 19.3. The van der Waals surface area contributed by atoms with Crippen LogP contribution >= 0.6 is 0 Å². The van der Waals surface area contributed by atoms with E-state index in [1.54, 1.807) is 0 Å². The first-order chi connectivity index (χ1) is 6.53. The number of hydrogen-bond donors (Lipinski definition) is 2. The number of nitrogens with two attached hydrogens (primary N) is 1. The Hall–Kier alpha value is -1.30. The second kappa shape index (κ2) is 4.28. The molecule has 0 spiro atoms. The number of alkyl halides is 2. The number of nitrogens with zero attached hydrogens (tertiary/aromatic N) is 1. The zero-order valence-corrected chi connectivity index (χ0v) is 7.30. The summed E-state index contributed by atoms with van der Waals surface area (Å²) in [5.41, 5.74) is 4.82. The standard InChI is InChI=1S/C8H10F3N3/c9-6-1-2-7(13-3-6)14-5-8(10,11)4-12/h1-3H,4-5,12H2,(H,13,14). The molecule has 0 saturated heterocycles. The lowest BCUT2D eigenvalue weighted by atomic mass is 10.3. The molecular formula is C8H10F3N3. The van der Waals surface area contributed by atoms with Crippen molar-refractivity contribution in [2.45, 2.75) is 5.92 Å². The molecule has 3 N–H and O–H groups in total. The minimum Gasteiger partial charge on any atom is -0.364 e. The Morgan fingerprint density at radius 1 is 1.43 bits per heavy atom. The fourth-order valence-corrected chi connectivity index (χ4v) is 0.772. The van der Waals surface area contributed by atoms with Crippen molar-refractivity contribution in [2.24, 2.45) is 5.73 Å². The highest BCUT2D eigenvalue weighted by Crippen LogP contribution is 2.12. The number of aromatic nitrogens is 1. The van der Waals surface area contributed by atoms with Crippen LogP contribution in [0, 0.1) is 5.82 Å². The quantitative estimate of drug-likeness (QED) is 0.777. The van der Waals surface area contributed by atoms with E-state index in [1.165, 1.54) is 6.07 Å². The maximum Gasteiger partial charge on any atom is 0.276 e. The number of pyridine rings is 1. The molecule has 0 radical (unpaired) electrons. The molecule has 0 unspecified atom stereocenters. The third-order valence-electron chi connectivity index (χ3n) is 1.55. The molecule has 14 heavy (non-hydrogen) atoms. The van der Waals surface area contributed by atoms with E-state index in [-0.39, 0.29) is 5.82 Å². The van der Waals surface area contributed by atoms with Crippen LogP contribution < -0.4 is 11.1 Å². The Morgan fingerprint density at radius 3 is 2.64 bits per heavy atom. The average molecular weight is 205 g/mol. The highest BCUT2D eigenvalue weighted by Gasteiger charge is 2.26. The summed E-state index contributed by atoms with van der Waals surface area (Å²) in [5.74, 6) is -3.29. The van der Waals surface area contributed by atoms with Crippen LogP contribution in [0.4, 0.5) is 19.0 Å². The van der Waals surface area contributed by atoms with Crippen LogP contribution in [0.3, 0.4) is 0 Å². The van der Waals surface area contributed by atoms with Gasteiger partial charge in [0.2, 0.25) is 0 Å². The van der Waals surface area contributed by atoms with Crippen molar-refractivity contribution in [1.82, 2.24) is 4.98 Å². The van der Waals surface area contributed by atoms with E-state index >= 15 is 0 Å². The van der Waals surface area contributed by atoms with Gasteiger partial charge in [0, 0.05) is 0 Å². The summed E-state index contributed by atoms with van der Waals surface area (Å²) >= 11 is 0. The van der Waals surface area contributed by atoms with Crippen LogP contribution in [0.5, 0.6) is 0 Å². The van der Waals surface area contributed by atoms with Gasteiger partial charge in [0.25, 0.3) is 5.92 Å². The van der Waals surface area contributed by atoms with Gasteiger partial charge >= 0.3 is 0 Å². The molecule has 0 bridgehead atoms. The van der Waals surface area contributed by atoms with Crippen molar-refractivity contribution in [1.29, 1.82) is 0 Å². The number of nitrogens with one attached hydrogen (secondary N) is 1. The summed E-state index contributed by atoms with van der Waals surface area (Å²) in [7, 11) is 0. The lowest BCUT2D eigenvalue weighted by Gasteiger charge is -2.14. The van der Waals surface area contributed by atoms with Crippen LogP contribution in [-0.2, 0) is 0 Å². The number of anilines is 1. The molecule has 0 atom stereocenters. The normalized spacial score (nSPS) is 11.4. The predicted molar refractivity (Wildman–Crippen MR) is 46.7 cm³/mol. The monoisotopic (exact) mass is 205 g/mol. The molecule has 0 aliphatic carbocycles. The van der Waals surface area contributed by atoms with Gasteiger partial charge in [-0.3, -0.25) is 0 Å². The van der Waals surface area contributed by atoms with Gasteiger partial charge in [-0.2, -0.15) is 0 Å². The Kier molecular flexibility index (Phi) is 3.29. The zero-order chi connectivity index (χ0) is 10.6. The second-order valence-corrected chi connectivity index (χ2v) is 2.78. The van der Waals surface area contributed by atoms with Gasteiger partial charge in [-0.25, -0.2) is 18.2 Å². The molecule has 1 aromatic heterocycles. The summed E-state index contributed by atoms with van der Waals surface area (Å²) in [6.45, 7) is -1.34. The van der Waals surface area contributed by atoms with E-state index in [1.807, 2.05) is 0 Å². The van der Waals surface area contributed by atoms with Gasteiger partial charge in [0.05, 0.1) is 19.3 Å². The van der Waals surface area contributed by atoms with E-state index in [0.29, 0.717) is 0 Å². The molecule has 3 nitrogen and oxygen atoms in total. The molecule has 6 heteroatoms. The average Bonchev–Trinajstić information content (AvgIpc) is 2.17. The molecule has 0 saturated carbocycles. The van der Waals surface area contributed by atoms with Crippen molar-refractivity contribution in [2.75, 3.05) is 18.4 Å². The summed E-state index contributed by atoms with van der Waals surface area (Å²) in [4.78, 5) is 3.56. The summed E-state index contributed by atoms with van der Waals surface area (Å²) in [6, 6.07) is 2.41. The predicted octanol–water partition coefficient (Wildman–Crippen LogP) is 1.23. The second-order valence-electron chi connectivity index (χ2n) is 2.78. The largest absolute Gasteiger partial charge is 0.364 e. The Bertz CT molecular complexity index is 286. The van der Waals surface area contributed by atoms with E-state index in [9.17, 15) is 13.2 Å². The third kappa shape index (κ3) is 3.21. The molecule has 1 rings (SSSR count). The maximum absolute atomic E-state index is 12.6. The Labute approximate surface area is 79.1 Å². The van der Waals surface area contributed by atoms with Crippen LogP contribution in [0.2, 0.25) is 0 Å². The van der Waals surface area contributed by atoms with Gasteiger partial charge in [0.15, 0.2) is 0 Å². The first kappa shape index (κ1) is 10.8. The molecule has 78 valence electrons. The molecule has 0 amide bonds. The minimum absolute atomic E-state index is 0.194. The van der Waals surface area contributed by atoms with Crippen molar-refractivity contribution in [3.63, 3.8) is 0 Å². The summed E-state index contributed by atoms with van der Waals surface area (Å²) in [6.07, 6.45) is 0.947. The lowest BCUT2D eigenvalue weighted by molar-refractivity contribution is 0.0253. The topological polar surface area (TPSA) is 50.9 Å². The van der Waals surface area contributed by atoms with Gasteiger partial charge in [0.1, 0.15) is 11.6 Å². The fraction of sp³-hybridized carbons (Fsp3) is 0.375. The van der Waals surface area contributed by atoms with Crippen LogP contribution in [0.15, 0.2) is 18.3 Å².